The van der Waals surface area contributed by atoms with E-state index in [0.717, 1.165) is 12.8 Å². The van der Waals surface area contributed by atoms with Gasteiger partial charge < -0.3 is 4.74 Å². The van der Waals surface area contributed by atoms with E-state index in [1.54, 1.807) is 4.90 Å². The van der Waals surface area contributed by atoms with Crippen LogP contribution in [0.2, 0.25) is 0 Å². The molecule has 0 N–H and O–H groups in total. The van der Waals surface area contributed by atoms with Gasteiger partial charge in [-0.05, 0) is 44.9 Å². The highest BCUT2D eigenvalue weighted by atomic mass is 16.6. The summed E-state index contributed by atoms with van der Waals surface area (Å²) < 4.78 is 5.47. The summed E-state index contributed by atoms with van der Waals surface area (Å²) in [6.07, 6.45) is 3.94. The number of hydrogen-bond acceptors (Lipinski definition) is 4. The van der Waals surface area contributed by atoms with E-state index in [9.17, 15) is 4.79 Å². The van der Waals surface area contributed by atoms with Crippen molar-refractivity contribution in [2.24, 2.45) is 11.3 Å². The van der Waals surface area contributed by atoms with Crippen molar-refractivity contribution in [3.05, 3.63) is 0 Å². The Morgan fingerprint density at radius 1 is 1.32 bits per heavy atom. The molecule has 1 heterocycles. The first-order valence-corrected chi connectivity index (χ1v) is 6.93. The molecule has 0 saturated carbocycles. The summed E-state index contributed by atoms with van der Waals surface area (Å²) in [5, 5.41) is 9.17. The number of carbonyl (C=O) groups excluding carboxylic acids is 1. The van der Waals surface area contributed by atoms with Gasteiger partial charge >= 0.3 is 5.97 Å². The van der Waals surface area contributed by atoms with Crippen molar-refractivity contribution < 1.29 is 9.53 Å². The van der Waals surface area contributed by atoms with Crippen LogP contribution in [0.5, 0.6) is 0 Å². The first-order chi connectivity index (χ1) is 8.53. The second-order valence-electron chi connectivity index (χ2n) is 7.59. The summed E-state index contributed by atoms with van der Waals surface area (Å²) >= 11 is 0. The maximum atomic E-state index is 12.3. The van der Waals surface area contributed by atoms with Crippen LogP contribution in [0, 0.1) is 22.8 Å². The van der Waals surface area contributed by atoms with Gasteiger partial charge in [0.2, 0.25) is 0 Å². The predicted octanol–water partition coefficient (Wildman–Crippen LogP) is 2.94. The zero-order valence-electron chi connectivity index (χ0n) is 13.0. The van der Waals surface area contributed by atoms with Gasteiger partial charge in [0.15, 0.2) is 6.19 Å². The fourth-order valence-electron chi connectivity index (χ4n) is 2.65. The van der Waals surface area contributed by atoms with Crippen LogP contribution in [-0.4, -0.2) is 29.1 Å². The highest BCUT2D eigenvalue weighted by Crippen LogP contribution is 2.35. The molecular weight excluding hydrogens is 240 g/mol. The van der Waals surface area contributed by atoms with E-state index >= 15 is 0 Å². The van der Waals surface area contributed by atoms with E-state index in [4.69, 9.17) is 10.00 Å². The van der Waals surface area contributed by atoms with Crippen LogP contribution >= 0.6 is 0 Å². The summed E-state index contributed by atoms with van der Waals surface area (Å²) in [4.78, 5) is 13.9. The quantitative estimate of drug-likeness (QED) is 0.569. The van der Waals surface area contributed by atoms with Crippen molar-refractivity contribution in [2.45, 2.75) is 66.0 Å². The van der Waals surface area contributed by atoms with Crippen LogP contribution < -0.4 is 0 Å². The Morgan fingerprint density at radius 2 is 1.89 bits per heavy atom. The van der Waals surface area contributed by atoms with Crippen LogP contribution in [0.25, 0.3) is 0 Å². The van der Waals surface area contributed by atoms with Gasteiger partial charge in [0.1, 0.15) is 11.6 Å². The lowest BCUT2D eigenvalue weighted by atomic mass is 9.81. The molecule has 19 heavy (non-hydrogen) atoms. The fourth-order valence-corrected chi connectivity index (χ4v) is 2.65. The lowest BCUT2D eigenvalue weighted by Crippen LogP contribution is -2.42. The third kappa shape index (κ3) is 4.74. The molecule has 0 aromatic rings. The maximum absolute atomic E-state index is 12.3. The van der Waals surface area contributed by atoms with E-state index in [1.165, 1.54) is 0 Å². The summed E-state index contributed by atoms with van der Waals surface area (Å²) in [5.74, 6) is -0.0599. The minimum atomic E-state index is -0.507. The lowest BCUT2D eigenvalue weighted by Gasteiger charge is -2.30. The molecule has 2 atom stereocenters. The van der Waals surface area contributed by atoms with Crippen molar-refractivity contribution in [2.75, 3.05) is 6.54 Å². The number of esters is 1. The molecule has 4 nitrogen and oxygen atoms in total. The second kappa shape index (κ2) is 5.40. The Balaban J connectivity index is 2.84. The van der Waals surface area contributed by atoms with Crippen LogP contribution in [0.4, 0.5) is 0 Å². The van der Waals surface area contributed by atoms with Crippen LogP contribution in [-0.2, 0) is 9.53 Å². The van der Waals surface area contributed by atoms with Gasteiger partial charge in [-0.3, -0.25) is 4.90 Å². The number of rotatable bonds is 2. The highest BCUT2D eigenvalue weighted by molar-refractivity contribution is 5.77. The minimum absolute atomic E-state index is 0.149. The first kappa shape index (κ1) is 15.8. The van der Waals surface area contributed by atoms with Gasteiger partial charge in [-0.1, -0.05) is 20.8 Å². The molecule has 1 rings (SSSR count). The number of ether oxygens (including phenoxy) is 1. The molecular formula is C15H26N2O2. The number of hydrogen-bond donors (Lipinski definition) is 0. The monoisotopic (exact) mass is 266 g/mol. The summed E-state index contributed by atoms with van der Waals surface area (Å²) in [7, 11) is 0. The molecule has 1 aliphatic heterocycles. The molecule has 0 aromatic carbocycles. The number of nitrogens with zero attached hydrogens (tertiary/aromatic N) is 2. The largest absolute Gasteiger partial charge is 0.458 e. The molecule has 0 amide bonds. The van der Waals surface area contributed by atoms with E-state index in [1.807, 2.05) is 20.8 Å². The third-order valence-electron chi connectivity index (χ3n) is 3.17. The van der Waals surface area contributed by atoms with E-state index in [-0.39, 0.29) is 17.3 Å². The molecule has 0 aromatic heterocycles. The molecule has 1 fully saturated rings. The van der Waals surface area contributed by atoms with Gasteiger partial charge in [0, 0.05) is 6.54 Å². The molecule has 0 bridgehead atoms. The molecule has 1 aliphatic rings. The zero-order chi connectivity index (χ0) is 14.8. The molecule has 4 heteroatoms. The van der Waals surface area contributed by atoms with Crippen molar-refractivity contribution in [3.8, 4) is 6.19 Å². The normalized spacial score (nSPS) is 24.2. The van der Waals surface area contributed by atoms with Crippen molar-refractivity contribution >= 4 is 5.97 Å². The number of carbonyl (C=O) groups is 1. The average Bonchev–Trinajstić information content (AvgIpc) is 2.55. The Kier molecular flexibility index (Phi) is 4.50. The summed E-state index contributed by atoms with van der Waals surface area (Å²) in [6.45, 7) is 12.7. The topological polar surface area (TPSA) is 53.3 Å². The molecule has 0 radical (unpaired) electrons. The van der Waals surface area contributed by atoms with Gasteiger partial charge in [-0.25, -0.2) is 4.79 Å². The van der Waals surface area contributed by atoms with Gasteiger partial charge in [-0.15, -0.1) is 0 Å². The summed E-state index contributed by atoms with van der Waals surface area (Å²) in [6, 6.07) is -0.413. The molecule has 1 saturated heterocycles. The SMILES string of the molecule is CC(C)(C)CC1CCN(C#N)C1C(=O)OC(C)(C)C. The van der Waals surface area contributed by atoms with E-state index in [0.29, 0.717) is 6.54 Å². The van der Waals surface area contributed by atoms with E-state index in [2.05, 4.69) is 27.0 Å². The van der Waals surface area contributed by atoms with Crippen molar-refractivity contribution in [1.82, 2.24) is 4.90 Å². The highest BCUT2D eigenvalue weighted by Gasteiger charge is 2.42. The molecule has 0 spiro atoms. The van der Waals surface area contributed by atoms with Gasteiger partial charge in [-0.2, -0.15) is 5.26 Å². The van der Waals surface area contributed by atoms with Crippen LogP contribution in [0.1, 0.15) is 54.4 Å². The number of likely N-dealkylation sites (tertiary alicyclic amines) is 1. The van der Waals surface area contributed by atoms with Crippen molar-refractivity contribution in [3.63, 3.8) is 0 Å². The molecule has 108 valence electrons. The first-order valence-electron chi connectivity index (χ1n) is 6.93. The zero-order valence-corrected chi connectivity index (χ0v) is 13.0. The Labute approximate surface area is 116 Å². The maximum Gasteiger partial charge on any atom is 0.330 e. The lowest BCUT2D eigenvalue weighted by molar-refractivity contribution is -0.160. The van der Waals surface area contributed by atoms with Gasteiger partial charge in [0.25, 0.3) is 0 Å². The van der Waals surface area contributed by atoms with Crippen molar-refractivity contribution in [1.29, 1.82) is 5.26 Å². The Morgan fingerprint density at radius 3 is 2.32 bits per heavy atom. The average molecular weight is 266 g/mol. The Bertz CT molecular complexity index is 371. The smallest absolute Gasteiger partial charge is 0.330 e. The van der Waals surface area contributed by atoms with Crippen LogP contribution in [0.3, 0.4) is 0 Å². The molecule has 2 unspecified atom stereocenters. The van der Waals surface area contributed by atoms with E-state index < -0.39 is 11.6 Å². The number of nitriles is 1. The van der Waals surface area contributed by atoms with Gasteiger partial charge in [0.05, 0.1) is 0 Å². The second-order valence-corrected chi connectivity index (χ2v) is 7.59. The Hall–Kier alpha value is -1.24. The van der Waals surface area contributed by atoms with Crippen LogP contribution in [0.15, 0.2) is 0 Å². The third-order valence-corrected chi connectivity index (χ3v) is 3.17. The summed E-state index contributed by atoms with van der Waals surface area (Å²) in [5.41, 5.74) is -0.358. The minimum Gasteiger partial charge on any atom is -0.458 e. The molecule has 0 aliphatic carbocycles. The standard InChI is InChI=1S/C15H26N2O2/c1-14(2,3)9-11-7-8-17(10-16)12(11)13(18)19-15(4,5)6/h11-12H,7-9H2,1-6H3. The predicted molar refractivity (Wildman–Crippen MR) is 74.1 cm³/mol. The fraction of sp³-hybridized carbons (Fsp3) is 0.867.